The number of aliphatic hydroxyl groups is 1. The molecule has 0 rings (SSSR count). The van der Waals surface area contributed by atoms with E-state index in [4.69, 9.17) is 37.0 Å². The van der Waals surface area contributed by atoms with Crippen LogP contribution in [0.15, 0.2) is 24.3 Å². The number of phosphoric ester groups is 2. The number of rotatable bonds is 60. The van der Waals surface area contributed by atoms with Crippen LogP contribution in [0.1, 0.15) is 286 Å². The summed E-state index contributed by atoms with van der Waals surface area (Å²) in [5, 5.41) is 10.5. The number of aliphatic hydroxyl groups excluding tert-OH is 1. The van der Waals surface area contributed by atoms with Crippen molar-refractivity contribution in [2.75, 3.05) is 39.6 Å². The van der Waals surface area contributed by atoms with Crippen LogP contribution < -0.4 is 0 Å². The molecule has 0 heterocycles. The van der Waals surface area contributed by atoms with Crippen LogP contribution in [0.2, 0.25) is 0 Å². The minimum absolute atomic E-state index is 0.0841. The van der Waals surface area contributed by atoms with E-state index in [0.717, 1.165) is 115 Å². The molecule has 0 aliphatic heterocycles. The second-order valence-electron chi connectivity index (χ2n) is 23.1. The molecule has 0 aromatic heterocycles. The standard InChI is InChI=1S/C63H118O17P2/c1-7-9-11-13-14-15-16-17-18-19-20-23-29-35-41-47-62(67)80-59(52-74-61(66)46-40-34-28-24-21-22-26-32-37-43-55(3)4)54-78-82(71,72)76-50-57(64)49-75-81(69,70)77-53-58(51-73-60(65)45-39-31-12-10-8-2)79-63(68)48-42-36-30-25-27-33-38-44-56(5)6/h15-18,55-59,64H,7-14,19-54H2,1-6H3,(H,69,70)(H,71,72)/b16-15-,18-17-/t57-,58+,59+/m0/s1. The fourth-order valence-electron chi connectivity index (χ4n) is 8.81. The Kier molecular flexibility index (Phi) is 53.5. The van der Waals surface area contributed by atoms with Crippen LogP contribution in [0.25, 0.3) is 0 Å². The van der Waals surface area contributed by atoms with Gasteiger partial charge in [0.25, 0.3) is 0 Å². The van der Waals surface area contributed by atoms with Crippen molar-refractivity contribution in [2.45, 2.75) is 304 Å². The van der Waals surface area contributed by atoms with Crippen molar-refractivity contribution in [1.82, 2.24) is 0 Å². The zero-order valence-corrected chi connectivity index (χ0v) is 54.0. The first kappa shape index (κ1) is 79.5. The van der Waals surface area contributed by atoms with Gasteiger partial charge in [-0.1, -0.05) is 233 Å². The first-order valence-electron chi connectivity index (χ1n) is 32.3. The molecule has 3 N–H and O–H groups in total. The normalized spacial score (nSPS) is 14.5. The van der Waals surface area contributed by atoms with Gasteiger partial charge in [0.2, 0.25) is 0 Å². The van der Waals surface area contributed by atoms with Gasteiger partial charge < -0.3 is 33.8 Å². The molecule has 5 atom stereocenters. The summed E-state index contributed by atoms with van der Waals surface area (Å²) in [5.74, 6) is -0.744. The molecule has 82 heavy (non-hydrogen) atoms. The Labute approximate surface area is 497 Å². The maximum atomic E-state index is 13.0. The monoisotopic (exact) mass is 1210 g/mol. The first-order valence-corrected chi connectivity index (χ1v) is 35.3. The molecular weight excluding hydrogens is 1090 g/mol. The van der Waals surface area contributed by atoms with E-state index in [-0.39, 0.29) is 25.7 Å². The van der Waals surface area contributed by atoms with Crippen molar-refractivity contribution in [2.24, 2.45) is 11.8 Å². The fourth-order valence-corrected chi connectivity index (χ4v) is 10.4. The summed E-state index contributed by atoms with van der Waals surface area (Å²) in [4.78, 5) is 71.9. The van der Waals surface area contributed by atoms with Gasteiger partial charge in [0.1, 0.15) is 19.3 Å². The maximum Gasteiger partial charge on any atom is 0.472 e. The minimum Gasteiger partial charge on any atom is -0.462 e. The largest absolute Gasteiger partial charge is 0.472 e. The Bertz CT molecular complexity index is 1710. The van der Waals surface area contributed by atoms with Gasteiger partial charge in [-0.2, -0.15) is 0 Å². The zero-order valence-electron chi connectivity index (χ0n) is 52.3. The average molecular weight is 1210 g/mol. The number of carbonyl (C=O) groups excluding carboxylic acids is 4. The van der Waals surface area contributed by atoms with E-state index >= 15 is 0 Å². The predicted molar refractivity (Wildman–Crippen MR) is 326 cm³/mol. The van der Waals surface area contributed by atoms with Crippen molar-refractivity contribution in [1.29, 1.82) is 0 Å². The highest BCUT2D eigenvalue weighted by atomic mass is 31.2. The number of unbranched alkanes of at least 4 members (excludes halogenated alkanes) is 27. The quantitative estimate of drug-likeness (QED) is 0.0169. The second kappa shape index (κ2) is 55.1. The van der Waals surface area contributed by atoms with Crippen LogP contribution in [-0.2, 0) is 65.4 Å². The Morgan fingerprint density at radius 3 is 1.00 bits per heavy atom. The van der Waals surface area contributed by atoms with E-state index in [9.17, 15) is 43.2 Å². The smallest absolute Gasteiger partial charge is 0.462 e. The summed E-state index contributed by atoms with van der Waals surface area (Å²) in [6.45, 7) is 9.24. The molecule has 0 saturated heterocycles. The van der Waals surface area contributed by atoms with Gasteiger partial charge >= 0.3 is 39.5 Å². The number of allylic oxidation sites excluding steroid dienone is 4. The molecule has 0 aromatic rings. The lowest BCUT2D eigenvalue weighted by molar-refractivity contribution is -0.161. The highest BCUT2D eigenvalue weighted by Crippen LogP contribution is 2.45. The number of hydrogen-bond donors (Lipinski definition) is 3. The molecule has 0 aliphatic carbocycles. The molecule has 0 radical (unpaired) electrons. The van der Waals surface area contributed by atoms with Crippen LogP contribution >= 0.6 is 15.6 Å². The summed E-state index contributed by atoms with van der Waals surface area (Å²) in [6, 6.07) is 0. The molecule has 0 saturated carbocycles. The fraction of sp³-hybridized carbons (Fsp3) is 0.873. The Morgan fingerprint density at radius 1 is 0.378 bits per heavy atom. The minimum atomic E-state index is -4.95. The van der Waals surface area contributed by atoms with Crippen LogP contribution in [0.3, 0.4) is 0 Å². The third kappa shape index (κ3) is 56.7. The van der Waals surface area contributed by atoms with Crippen LogP contribution in [0.5, 0.6) is 0 Å². The molecular formula is C63H118O17P2. The van der Waals surface area contributed by atoms with Gasteiger partial charge in [0.05, 0.1) is 26.4 Å². The summed E-state index contributed by atoms with van der Waals surface area (Å²) in [5.41, 5.74) is 0. The topological polar surface area (TPSA) is 237 Å². The Balaban J connectivity index is 5.23. The lowest BCUT2D eigenvalue weighted by Gasteiger charge is -2.21. The summed E-state index contributed by atoms with van der Waals surface area (Å²) >= 11 is 0. The Morgan fingerprint density at radius 2 is 0.659 bits per heavy atom. The first-order chi connectivity index (χ1) is 39.4. The number of phosphoric acid groups is 2. The molecule has 17 nitrogen and oxygen atoms in total. The van der Waals surface area contributed by atoms with Crippen molar-refractivity contribution in [3.63, 3.8) is 0 Å². The van der Waals surface area contributed by atoms with E-state index in [1.54, 1.807) is 0 Å². The van der Waals surface area contributed by atoms with E-state index in [1.807, 2.05) is 0 Å². The van der Waals surface area contributed by atoms with Crippen molar-refractivity contribution in [3.8, 4) is 0 Å². The van der Waals surface area contributed by atoms with Gasteiger partial charge in [-0.15, -0.1) is 0 Å². The van der Waals surface area contributed by atoms with Gasteiger partial charge in [0.15, 0.2) is 12.2 Å². The summed E-state index contributed by atoms with van der Waals surface area (Å²) in [6.07, 6.45) is 40.3. The van der Waals surface area contributed by atoms with E-state index < -0.39 is 97.5 Å². The third-order valence-electron chi connectivity index (χ3n) is 13.8. The van der Waals surface area contributed by atoms with Crippen molar-refractivity contribution in [3.05, 3.63) is 24.3 Å². The highest BCUT2D eigenvalue weighted by Gasteiger charge is 2.30. The van der Waals surface area contributed by atoms with E-state index in [0.29, 0.717) is 31.6 Å². The molecule has 0 fully saturated rings. The van der Waals surface area contributed by atoms with Gasteiger partial charge in [-0.3, -0.25) is 37.3 Å². The number of esters is 4. The molecule has 19 heteroatoms. The third-order valence-corrected chi connectivity index (χ3v) is 15.7. The summed E-state index contributed by atoms with van der Waals surface area (Å²) < 4.78 is 67.7. The predicted octanol–water partition coefficient (Wildman–Crippen LogP) is 16.8. The molecule has 0 aromatic carbocycles. The number of hydrogen-bond acceptors (Lipinski definition) is 15. The van der Waals surface area contributed by atoms with E-state index in [1.165, 1.54) is 83.5 Å². The van der Waals surface area contributed by atoms with Crippen molar-refractivity contribution < 1.29 is 80.2 Å². The van der Waals surface area contributed by atoms with E-state index in [2.05, 4.69) is 65.8 Å². The second-order valence-corrected chi connectivity index (χ2v) is 26.0. The van der Waals surface area contributed by atoms with Crippen LogP contribution in [0, 0.1) is 11.8 Å². The maximum absolute atomic E-state index is 13.0. The highest BCUT2D eigenvalue weighted by molar-refractivity contribution is 7.47. The average Bonchev–Trinajstić information content (AvgIpc) is 3.44. The lowest BCUT2D eigenvalue weighted by atomic mass is 10.0. The Hall–Kier alpha value is -2.46. The summed E-state index contributed by atoms with van der Waals surface area (Å²) in [7, 11) is -9.89. The van der Waals surface area contributed by atoms with Gasteiger partial charge in [-0.05, 0) is 63.2 Å². The number of carbonyl (C=O) groups is 4. The molecule has 0 bridgehead atoms. The van der Waals surface area contributed by atoms with Gasteiger partial charge in [-0.25, -0.2) is 9.13 Å². The van der Waals surface area contributed by atoms with Crippen LogP contribution in [-0.4, -0.2) is 96.7 Å². The molecule has 0 amide bonds. The zero-order chi connectivity index (χ0) is 60.8. The lowest BCUT2D eigenvalue weighted by Crippen LogP contribution is -2.30. The van der Waals surface area contributed by atoms with Crippen molar-refractivity contribution >= 4 is 39.5 Å². The number of ether oxygens (including phenoxy) is 4. The molecule has 0 spiro atoms. The van der Waals surface area contributed by atoms with Gasteiger partial charge in [0, 0.05) is 25.7 Å². The molecule has 0 aliphatic rings. The molecule has 2 unspecified atom stereocenters. The van der Waals surface area contributed by atoms with Crippen LogP contribution in [0.4, 0.5) is 0 Å². The molecule has 482 valence electrons. The SMILES string of the molecule is CCCCCC/C=C\C=C/CCCCCCCC(=O)O[C@H](COC(=O)CCCCCCCCCCCC(C)C)COP(=O)(O)OC[C@@H](O)COP(=O)(O)OC[C@@H](COC(=O)CCCCCCC)OC(=O)CCCCCCCCCC(C)C.